The number of carbonyl (C=O) groups excluding carboxylic acids is 1. The Bertz CT molecular complexity index is 814. The topological polar surface area (TPSA) is 119 Å². The first-order valence-electron chi connectivity index (χ1n) is 8.19. The Morgan fingerprint density at radius 1 is 1.36 bits per heavy atom. The largest absolute Gasteiger partial charge is 0.359 e. The number of hydrogen-bond donors (Lipinski definition) is 3. The summed E-state index contributed by atoms with van der Waals surface area (Å²) in [5, 5.41) is 28.6. The summed E-state index contributed by atoms with van der Waals surface area (Å²) in [5.41, 5.74) is 2.67. The van der Waals surface area contributed by atoms with Crippen LogP contribution in [0.2, 0.25) is 0 Å². The van der Waals surface area contributed by atoms with Crippen LogP contribution in [0, 0.1) is 24.2 Å². The zero-order valence-corrected chi connectivity index (χ0v) is 13.9. The van der Waals surface area contributed by atoms with E-state index in [0.29, 0.717) is 11.4 Å². The number of anilines is 2. The predicted molar refractivity (Wildman–Crippen MR) is 93.2 cm³/mol. The van der Waals surface area contributed by atoms with E-state index in [2.05, 4.69) is 31.3 Å². The normalized spacial score (nSPS) is 15.0. The van der Waals surface area contributed by atoms with Crippen molar-refractivity contribution in [3.8, 4) is 6.07 Å². The second-order valence-corrected chi connectivity index (χ2v) is 6.07. The standard InChI is InChI=1S/C17H19N7O/c1-11-6-7-14(20-17(25)12-4-2-3-5-12)15(8-11)19-10-13(9-18)16-21-23-24-22-16/h6-8,10,12,19H,2-5H2,1H3,(H,20,25)(H,21,22,23,24). The molecule has 0 bridgehead atoms. The first-order chi connectivity index (χ1) is 12.2. The maximum Gasteiger partial charge on any atom is 0.227 e. The fourth-order valence-corrected chi connectivity index (χ4v) is 2.88. The number of benzene rings is 1. The Hall–Kier alpha value is -3.21. The van der Waals surface area contributed by atoms with Crippen molar-refractivity contribution in [2.45, 2.75) is 32.6 Å². The minimum absolute atomic E-state index is 0.0482. The van der Waals surface area contributed by atoms with E-state index in [9.17, 15) is 10.1 Å². The molecule has 1 aliphatic carbocycles. The number of nitrogens with zero attached hydrogens (tertiary/aromatic N) is 4. The van der Waals surface area contributed by atoms with Crippen molar-refractivity contribution in [3.63, 3.8) is 0 Å². The number of rotatable bonds is 5. The third-order valence-corrected chi connectivity index (χ3v) is 4.24. The molecule has 2 aromatic rings. The lowest BCUT2D eigenvalue weighted by Gasteiger charge is -2.15. The maximum absolute atomic E-state index is 12.4. The molecule has 0 aliphatic heterocycles. The van der Waals surface area contributed by atoms with Crippen molar-refractivity contribution in [1.82, 2.24) is 20.6 Å². The molecule has 0 radical (unpaired) electrons. The zero-order chi connectivity index (χ0) is 17.6. The van der Waals surface area contributed by atoms with Crippen LogP contribution in [-0.4, -0.2) is 26.5 Å². The number of nitrogens with one attached hydrogen (secondary N) is 3. The van der Waals surface area contributed by atoms with Crippen molar-refractivity contribution in [2.75, 3.05) is 10.6 Å². The fraction of sp³-hybridized carbons (Fsp3) is 0.353. The maximum atomic E-state index is 12.4. The van der Waals surface area contributed by atoms with E-state index in [1.807, 2.05) is 31.2 Å². The van der Waals surface area contributed by atoms with Crippen LogP contribution < -0.4 is 10.6 Å². The predicted octanol–water partition coefficient (Wildman–Crippen LogP) is 2.61. The van der Waals surface area contributed by atoms with Crippen molar-refractivity contribution in [2.24, 2.45) is 5.92 Å². The third-order valence-electron chi connectivity index (χ3n) is 4.24. The molecule has 1 aromatic carbocycles. The Morgan fingerprint density at radius 2 is 2.16 bits per heavy atom. The molecule has 3 rings (SSSR count). The molecule has 1 aliphatic rings. The number of nitriles is 1. The molecule has 1 amide bonds. The van der Waals surface area contributed by atoms with Crippen LogP contribution in [0.5, 0.6) is 0 Å². The first kappa shape index (κ1) is 16.6. The summed E-state index contributed by atoms with van der Waals surface area (Å²) in [5.74, 6) is 0.338. The van der Waals surface area contributed by atoms with Gasteiger partial charge in [0.2, 0.25) is 11.7 Å². The van der Waals surface area contributed by atoms with Gasteiger partial charge in [-0.15, -0.1) is 10.2 Å². The average molecular weight is 337 g/mol. The molecule has 128 valence electrons. The lowest BCUT2D eigenvalue weighted by molar-refractivity contribution is -0.119. The number of aromatic amines is 1. The van der Waals surface area contributed by atoms with Crippen molar-refractivity contribution >= 4 is 22.9 Å². The summed E-state index contributed by atoms with van der Waals surface area (Å²) in [6, 6.07) is 7.72. The van der Waals surface area contributed by atoms with Crippen molar-refractivity contribution in [3.05, 3.63) is 35.8 Å². The van der Waals surface area contributed by atoms with E-state index in [0.717, 1.165) is 31.2 Å². The lowest BCUT2D eigenvalue weighted by Crippen LogP contribution is -2.20. The molecule has 1 saturated carbocycles. The summed E-state index contributed by atoms with van der Waals surface area (Å²) < 4.78 is 0. The van der Waals surface area contributed by atoms with Gasteiger partial charge in [0.25, 0.3) is 0 Å². The average Bonchev–Trinajstić information content (AvgIpc) is 3.31. The van der Waals surface area contributed by atoms with Crippen LogP contribution in [-0.2, 0) is 4.79 Å². The molecule has 8 nitrogen and oxygen atoms in total. The number of carbonyl (C=O) groups is 1. The highest BCUT2D eigenvalue weighted by Gasteiger charge is 2.23. The molecule has 1 aromatic heterocycles. The number of amides is 1. The van der Waals surface area contributed by atoms with Crippen molar-refractivity contribution < 1.29 is 4.79 Å². The van der Waals surface area contributed by atoms with Gasteiger partial charge in [0.1, 0.15) is 11.6 Å². The van der Waals surface area contributed by atoms with E-state index >= 15 is 0 Å². The number of allylic oxidation sites excluding steroid dienone is 1. The molecular weight excluding hydrogens is 318 g/mol. The summed E-state index contributed by atoms with van der Waals surface area (Å²) in [7, 11) is 0. The van der Waals surface area contributed by atoms with Crippen LogP contribution in [0.1, 0.15) is 37.1 Å². The number of aryl methyl sites for hydroxylation is 1. The van der Waals surface area contributed by atoms with Crippen LogP contribution in [0.4, 0.5) is 11.4 Å². The Kier molecular flexibility index (Phi) is 5.04. The molecule has 0 atom stereocenters. The van der Waals surface area contributed by atoms with Crippen LogP contribution in [0.25, 0.3) is 5.57 Å². The highest BCUT2D eigenvalue weighted by Crippen LogP contribution is 2.29. The number of H-pyrrole nitrogens is 1. The van der Waals surface area contributed by atoms with E-state index in [-0.39, 0.29) is 23.2 Å². The Balaban J connectivity index is 1.79. The highest BCUT2D eigenvalue weighted by molar-refractivity contribution is 5.96. The molecule has 0 unspecified atom stereocenters. The molecule has 0 saturated heterocycles. The van der Waals surface area contributed by atoms with Gasteiger partial charge in [-0.25, -0.2) is 0 Å². The Labute approximate surface area is 145 Å². The second-order valence-electron chi connectivity index (χ2n) is 6.07. The summed E-state index contributed by atoms with van der Waals surface area (Å²) in [4.78, 5) is 12.4. The smallest absolute Gasteiger partial charge is 0.227 e. The van der Waals surface area contributed by atoms with Crippen LogP contribution in [0.3, 0.4) is 0 Å². The monoisotopic (exact) mass is 337 g/mol. The number of hydrogen-bond acceptors (Lipinski definition) is 6. The molecule has 3 N–H and O–H groups in total. The second kappa shape index (κ2) is 7.57. The van der Waals surface area contributed by atoms with Gasteiger partial charge in [-0.3, -0.25) is 4.79 Å². The van der Waals surface area contributed by atoms with Gasteiger partial charge in [0.15, 0.2) is 0 Å². The van der Waals surface area contributed by atoms with Gasteiger partial charge in [0.05, 0.1) is 11.4 Å². The SMILES string of the molecule is Cc1ccc(NC(=O)C2CCCC2)c(NC=C(C#N)c2nn[nH]n2)c1. The molecular formula is C17H19N7O. The number of aromatic nitrogens is 4. The molecule has 25 heavy (non-hydrogen) atoms. The summed E-state index contributed by atoms with van der Waals surface area (Å²) in [6.45, 7) is 1.96. The number of tetrazole rings is 1. The van der Waals surface area contributed by atoms with Gasteiger partial charge in [0, 0.05) is 12.1 Å². The fourth-order valence-electron chi connectivity index (χ4n) is 2.88. The molecule has 8 heteroatoms. The third kappa shape index (κ3) is 4.01. The summed E-state index contributed by atoms with van der Waals surface area (Å²) in [6.07, 6.45) is 5.60. The Morgan fingerprint density at radius 3 is 2.84 bits per heavy atom. The molecule has 1 fully saturated rings. The van der Waals surface area contributed by atoms with E-state index in [1.54, 1.807) is 0 Å². The quantitative estimate of drug-likeness (QED) is 0.721. The minimum Gasteiger partial charge on any atom is -0.359 e. The lowest BCUT2D eigenvalue weighted by atomic mass is 10.1. The zero-order valence-electron chi connectivity index (χ0n) is 13.9. The van der Waals surface area contributed by atoms with E-state index in [4.69, 9.17) is 0 Å². The van der Waals surface area contributed by atoms with Gasteiger partial charge >= 0.3 is 0 Å². The molecule has 0 spiro atoms. The van der Waals surface area contributed by atoms with Gasteiger partial charge in [-0.2, -0.15) is 10.5 Å². The van der Waals surface area contributed by atoms with Crippen LogP contribution >= 0.6 is 0 Å². The van der Waals surface area contributed by atoms with E-state index in [1.165, 1.54) is 6.20 Å². The molecule has 1 heterocycles. The van der Waals surface area contributed by atoms with Gasteiger partial charge in [-0.1, -0.05) is 18.9 Å². The van der Waals surface area contributed by atoms with Gasteiger partial charge in [-0.05, 0) is 42.7 Å². The minimum atomic E-state index is 0.0482. The van der Waals surface area contributed by atoms with E-state index < -0.39 is 0 Å². The first-order valence-corrected chi connectivity index (χ1v) is 8.19. The van der Waals surface area contributed by atoms with Crippen LogP contribution in [0.15, 0.2) is 24.4 Å². The van der Waals surface area contributed by atoms with Gasteiger partial charge < -0.3 is 10.6 Å². The highest BCUT2D eigenvalue weighted by atomic mass is 16.1. The summed E-state index contributed by atoms with van der Waals surface area (Å²) >= 11 is 0. The van der Waals surface area contributed by atoms with Crippen molar-refractivity contribution in [1.29, 1.82) is 5.26 Å².